The highest BCUT2D eigenvalue weighted by atomic mass is 32.2. The van der Waals surface area contributed by atoms with Crippen LogP contribution in [-0.4, -0.2) is 20.8 Å². The molecule has 0 aromatic carbocycles. The second kappa shape index (κ2) is 6.87. The van der Waals surface area contributed by atoms with E-state index >= 15 is 0 Å². The topological polar surface area (TPSA) is 67.2 Å². The van der Waals surface area contributed by atoms with E-state index in [1.54, 1.807) is 6.92 Å². The van der Waals surface area contributed by atoms with Crippen molar-refractivity contribution in [3.8, 4) is 6.07 Å². The van der Waals surface area contributed by atoms with Crippen molar-refractivity contribution in [1.29, 1.82) is 5.26 Å². The van der Waals surface area contributed by atoms with E-state index in [4.69, 9.17) is 5.26 Å². The third-order valence-electron chi connectivity index (χ3n) is 1.48. The molecule has 0 aromatic heterocycles. The van der Waals surface area contributed by atoms with Gasteiger partial charge in [0.1, 0.15) is 0 Å². The van der Waals surface area contributed by atoms with Crippen LogP contribution in [0.3, 0.4) is 0 Å². The van der Waals surface area contributed by atoms with Gasteiger partial charge < -0.3 is 0 Å². The Labute approximate surface area is 79.6 Å². The molecule has 0 aliphatic heterocycles. The van der Waals surface area contributed by atoms with Crippen LogP contribution in [0.25, 0.3) is 0 Å². The van der Waals surface area contributed by atoms with E-state index in [9.17, 15) is 8.42 Å². The van der Waals surface area contributed by atoms with Crippen LogP contribution in [0.2, 0.25) is 0 Å². The molecule has 13 heavy (non-hydrogen) atoms. The van der Waals surface area contributed by atoms with Crippen molar-refractivity contribution in [2.75, 3.05) is 12.4 Å². The lowest BCUT2D eigenvalue weighted by molar-refractivity contribution is 0.337. The van der Waals surface area contributed by atoms with Gasteiger partial charge in [0.05, 0.1) is 18.4 Å². The van der Waals surface area contributed by atoms with Crippen molar-refractivity contribution < 1.29 is 12.6 Å². The van der Waals surface area contributed by atoms with Crippen LogP contribution in [0.4, 0.5) is 0 Å². The summed E-state index contributed by atoms with van der Waals surface area (Å²) in [7, 11) is -3.30. The SMILES string of the molecule is CCOS(=O)(=O)CCCCCC#N. The van der Waals surface area contributed by atoms with Crippen LogP contribution in [0.15, 0.2) is 0 Å². The summed E-state index contributed by atoms with van der Waals surface area (Å²) < 4.78 is 26.5. The van der Waals surface area contributed by atoms with Gasteiger partial charge in [-0.1, -0.05) is 6.42 Å². The van der Waals surface area contributed by atoms with E-state index in [0.29, 0.717) is 12.8 Å². The van der Waals surface area contributed by atoms with Crippen LogP contribution < -0.4 is 0 Å². The average molecular weight is 205 g/mol. The van der Waals surface area contributed by atoms with Crippen molar-refractivity contribution in [3.05, 3.63) is 0 Å². The van der Waals surface area contributed by atoms with Crippen molar-refractivity contribution in [1.82, 2.24) is 0 Å². The van der Waals surface area contributed by atoms with Gasteiger partial charge in [-0.15, -0.1) is 0 Å². The summed E-state index contributed by atoms with van der Waals surface area (Å²) in [5.41, 5.74) is 0. The smallest absolute Gasteiger partial charge is 0.267 e. The molecule has 0 spiro atoms. The van der Waals surface area contributed by atoms with Crippen LogP contribution >= 0.6 is 0 Å². The molecule has 0 unspecified atom stereocenters. The van der Waals surface area contributed by atoms with E-state index in [2.05, 4.69) is 4.18 Å². The minimum Gasteiger partial charge on any atom is -0.270 e. The third-order valence-corrected chi connectivity index (χ3v) is 2.86. The molecule has 5 heteroatoms. The molecule has 0 saturated heterocycles. The van der Waals surface area contributed by atoms with Gasteiger partial charge in [0.25, 0.3) is 10.1 Å². The molecule has 0 amide bonds. The van der Waals surface area contributed by atoms with Crippen LogP contribution in [-0.2, 0) is 14.3 Å². The lowest BCUT2D eigenvalue weighted by atomic mass is 10.2. The molecule has 0 heterocycles. The Balaban J connectivity index is 3.48. The first kappa shape index (κ1) is 12.4. The predicted molar refractivity (Wildman–Crippen MR) is 49.5 cm³/mol. The number of unbranched alkanes of at least 4 members (excludes halogenated alkanes) is 3. The van der Waals surface area contributed by atoms with E-state index < -0.39 is 10.1 Å². The summed E-state index contributed by atoms with van der Waals surface area (Å²) in [6, 6.07) is 2.01. The quantitative estimate of drug-likeness (QED) is 0.466. The lowest BCUT2D eigenvalue weighted by Gasteiger charge is -2.01. The molecule has 4 nitrogen and oxygen atoms in total. The third kappa shape index (κ3) is 7.75. The highest BCUT2D eigenvalue weighted by molar-refractivity contribution is 7.86. The zero-order valence-electron chi connectivity index (χ0n) is 7.82. The van der Waals surface area contributed by atoms with Gasteiger partial charge >= 0.3 is 0 Å². The monoisotopic (exact) mass is 205 g/mol. The van der Waals surface area contributed by atoms with Crippen LogP contribution in [0, 0.1) is 11.3 Å². The van der Waals surface area contributed by atoms with Crippen molar-refractivity contribution >= 4 is 10.1 Å². The van der Waals surface area contributed by atoms with Gasteiger partial charge in [-0.25, -0.2) is 0 Å². The molecule has 0 rings (SSSR count). The van der Waals surface area contributed by atoms with Gasteiger partial charge in [0, 0.05) is 6.42 Å². The first-order valence-electron chi connectivity index (χ1n) is 4.36. The Hall–Kier alpha value is -0.600. The second-order valence-electron chi connectivity index (χ2n) is 2.64. The van der Waals surface area contributed by atoms with Crippen molar-refractivity contribution in [2.45, 2.75) is 32.6 Å². The highest BCUT2D eigenvalue weighted by Crippen LogP contribution is 2.03. The fourth-order valence-corrected chi connectivity index (χ4v) is 1.93. The van der Waals surface area contributed by atoms with E-state index in [0.717, 1.165) is 12.8 Å². The van der Waals surface area contributed by atoms with E-state index in [-0.39, 0.29) is 12.4 Å². The summed E-state index contributed by atoms with van der Waals surface area (Å²) in [5.74, 6) is 0.0618. The maximum absolute atomic E-state index is 11.0. The second-order valence-corrected chi connectivity index (χ2v) is 4.40. The Kier molecular flexibility index (Phi) is 6.55. The zero-order chi connectivity index (χ0) is 10.2. The van der Waals surface area contributed by atoms with E-state index in [1.807, 2.05) is 6.07 Å². The normalized spacial score (nSPS) is 11.1. The summed E-state index contributed by atoms with van der Waals surface area (Å²) >= 11 is 0. The number of nitrogens with zero attached hydrogens (tertiary/aromatic N) is 1. The molecular weight excluding hydrogens is 190 g/mol. The van der Waals surface area contributed by atoms with Gasteiger partial charge in [0.2, 0.25) is 0 Å². The molecule has 0 bridgehead atoms. The summed E-state index contributed by atoms with van der Waals surface area (Å²) in [6.45, 7) is 1.84. The van der Waals surface area contributed by atoms with Gasteiger partial charge in [-0.2, -0.15) is 13.7 Å². The summed E-state index contributed by atoms with van der Waals surface area (Å²) in [4.78, 5) is 0. The van der Waals surface area contributed by atoms with Gasteiger partial charge in [-0.3, -0.25) is 4.18 Å². The minimum absolute atomic E-state index is 0.0618. The molecule has 0 radical (unpaired) electrons. The number of hydrogen-bond donors (Lipinski definition) is 0. The summed E-state index contributed by atoms with van der Waals surface area (Å²) in [6.07, 6.45) is 2.59. The Morgan fingerprint density at radius 2 is 2.00 bits per heavy atom. The fourth-order valence-electron chi connectivity index (χ4n) is 0.898. The first-order chi connectivity index (χ1) is 6.12. The highest BCUT2D eigenvalue weighted by Gasteiger charge is 2.08. The molecule has 76 valence electrons. The molecule has 0 atom stereocenters. The number of rotatable bonds is 7. The van der Waals surface area contributed by atoms with Crippen molar-refractivity contribution in [3.63, 3.8) is 0 Å². The lowest BCUT2D eigenvalue weighted by Crippen LogP contribution is -2.10. The minimum atomic E-state index is -3.30. The Morgan fingerprint density at radius 1 is 1.31 bits per heavy atom. The standard InChI is InChI=1S/C8H15NO3S/c1-2-12-13(10,11)8-6-4-3-5-7-9/h2-6,8H2,1H3. The fraction of sp³-hybridized carbons (Fsp3) is 0.875. The maximum Gasteiger partial charge on any atom is 0.267 e. The number of nitriles is 1. The van der Waals surface area contributed by atoms with Crippen LogP contribution in [0.5, 0.6) is 0 Å². The first-order valence-corrected chi connectivity index (χ1v) is 5.94. The molecule has 0 fully saturated rings. The zero-order valence-corrected chi connectivity index (χ0v) is 8.64. The van der Waals surface area contributed by atoms with Gasteiger partial charge in [-0.05, 0) is 19.8 Å². The molecule has 0 aliphatic carbocycles. The largest absolute Gasteiger partial charge is 0.270 e. The van der Waals surface area contributed by atoms with Crippen molar-refractivity contribution in [2.24, 2.45) is 0 Å². The van der Waals surface area contributed by atoms with Gasteiger partial charge in [0.15, 0.2) is 0 Å². The number of hydrogen-bond acceptors (Lipinski definition) is 4. The maximum atomic E-state index is 11.0. The molecule has 0 N–H and O–H groups in total. The predicted octanol–water partition coefficient (Wildman–Crippen LogP) is 1.44. The molecule has 0 aromatic rings. The van der Waals surface area contributed by atoms with Crippen LogP contribution in [0.1, 0.15) is 32.6 Å². The molecule has 0 saturated carbocycles. The summed E-state index contributed by atoms with van der Waals surface area (Å²) in [5, 5.41) is 8.22. The molecular formula is C8H15NO3S. The average Bonchev–Trinajstić information content (AvgIpc) is 2.04. The molecule has 0 aliphatic rings. The Morgan fingerprint density at radius 3 is 2.54 bits per heavy atom. The Bertz CT molecular complexity index is 253. The van der Waals surface area contributed by atoms with E-state index in [1.165, 1.54) is 0 Å².